The minimum absolute atomic E-state index is 0.0117. The largest absolute Gasteiger partial charge is 0.288 e. The normalized spacial score (nSPS) is 8.69. The van der Waals surface area contributed by atoms with Crippen LogP contribution in [0.1, 0.15) is 5.56 Å². The Labute approximate surface area is 95.9 Å². The predicted molar refractivity (Wildman–Crippen MR) is 57.3 cm³/mol. The number of nitro benzene ring substituents is 1. The fraction of sp³-hybridized carbons (Fsp3) is 0. The highest BCUT2D eigenvalue weighted by Crippen LogP contribution is 2.25. The summed E-state index contributed by atoms with van der Waals surface area (Å²) in [6, 6.07) is 7.36. The Hall–Kier alpha value is -2.37. The topological polar surface area (TPSA) is 90.7 Å². The third-order valence-corrected chi connectivity index (χ3v) is 2.04. The van der Waals surface area contributed by atoms with Crippen LogP contribution < -0.4 is 0 Å². The van der Waals surface area contributed by atoms with E-state index in [1.165, 1.54) is 24.3 Å². The number of halogens is 1. The highest BCUT2D eigenvalue weighted by atomic mass is 35.5. The van der Waals surface area contributed by atoms with E-state index < -0.39 is 4.92 Å². The zero-order valence-electron chi connectivity index (χ0n) is 7.85. The van der Waals surface area contributed by atoms with Crippen molar-refractivity contribution in [2.45, 2.75) is 0 Å². The molecule has 0 amide bonds. The highest BCUT2D eigenvalue weighted by Gasteiger charge is 2.11. The summed E-state index contributed by atoms with van der Waals surface area (Å²) >= 11 is 5.60. The summed E-state index contributed by atoms with van der Waals surface area (Å²) in [7, 11) is 0. The van der Waals surface area contributed by atoms with E-state index in [4.69, 9.17) is 22.1 Å². The van der Waals surface area contributed by atoms with E-state index in [-0.39, 0.29) is 16.3 Å². The maximum Gasteiger partial charge on any atom is 0.288 e. The molecule has 78 valence electrons. The molecule has 0 N–H and O–H groups in total. The molecule has 16 heavy (non-hydrogen) atoms. The van der Waals surface area contributed by atoms with Crippen LogP contribution in [0.3, 0.4) is 0 Å². The lowest BCUT2D eigenvalue weighted by Gasteiger charge is -1.96. The first-order valence-electron chi connectivity index (χ1n) is 4.04. The SMILES string of the molecule is N#CC(C#N)=Cc1ccc(Cl)c([N+](=O)[O-])c1. The molecule has 6 heteroatoms. The van der Waals surface area contributed by atoms with E-state index in [0.717, 1.165) is 0 Å². The Morgan fingerprint density at radius 3 is 2.56 bits per heavy atom. The number of hydrogen-bond donors (Lipinski definition) is 0. The van der Waals surface area contributed by atoms with Crippen LogP contribution in [-0.4, -0.2) is 4.92 Å². The number of nitriles is 2. The summed E-state index contributed by atoms with van der Waals surface area (Å²) in [5.74, 6) is 0. The fourth-order valence-corrected chi connectivity index (χ4v) is 1.20. The van der Waals surface area contributed by atoms with Gasteiger partial charge in [0.1, 0.15) is 22.7 Å². The standard InChI is InChI=1S/C10H4ClN3O2/c11-9-2-1-7(3-8(5-12)6-13)4-10(9)14(15)16/h1-4H. The molecule has 0 bridgehead atoms. The first-order valence-corrected chi connectivity index (χ1v) is 4.42. The Morgan fingerprint density at radius 1 is 1.44 bits per heavy atom. The summed E-state index contributed by atoms with van der Waals surface area (Å²) in [4.78, 5) is 9.94. The van der Waals surface area contributed by atoms with Crippen LogP contribution in [0.5, 0.6) is 0 Å². The molecule has 0 radical (unpaired) electrons. The van der Waals surface area contributed by atoms with Gasteiger partial charge in [0.2, 0.25) is 0 Å². The molecule has 0 aliphatic rings. The molecule has 0 atom stereocenters. The molecule has 1 aromatic carbocycles. The Bertz CT molecular complexity index is 536. The second kappa shape index (κ2) is 4.92. The number of nitrogens with zero attached hydrogens (tertiary/aromatic N) is 3. The van der Waals surface area contributed by atoms with Gasteiger partial charge in [0.25, 0.3) is 5.69 Å². The minimum atomic E-state index is -0.627. The van der Waals surface area contributed by atoms with Gasteiger partial charge in [0.15, 0.2) is 0 Å². The number of nitro groups is 1. The van der Waals surface area contributed by atoms with Gasteiger partial charge in [-0.25, -0.2) is 0 Å². The van der Waals surface area contributed by atoms with E-state index >= 15 is 0 Å². The van der Waals surface area contributed by atoms with Crippen molar-refractivity contribution in [2.24, 2.45) is 0 Å². The molecule has 0 aliphatic carbocycles. The van der Waals surface area contributed by atoms with E-state index in [1.54, 1.807) is 12.1 Å². The van der Waals surface area contributed by atoms with E-state index in [9.17, 15) is 10.1 Å². The molecule has 0 spiro atoms. The first-order chi connectivity index (χ1) is 7.58. The van der Waals surface area contributed by atoms with E-state index in [1.807, 2.05) is 0 Å². The molecular formula is C10H4ClN3O2. The Morgan fingerprint density at radius 2 is 2.06 bits per heavy atom. The summed E-state index contributed by atoms with van der Waals surface area (Å²) in [6.07, 6.45) is 1.25. The van der Waals surface area contributed by atoms with Gasteiger partial charge < -0.3 is 0 Å². The molecule has 0 saturated carbocycles. The maximum absolute atomic E-state index is 10.6. The molecule has 0 heterocycles. The molecule has 0 unspecified atom stereocenters. The highest BCUT2D eigenvalue weighted by molar-refractivity contribution is 6.32. The smallest absolute Gasteiger partial charge is 0.258 e. The van der Waals surface area contributed by atoms with Crippen molar-refractivity contribution in [2.75, 3.05) is 0 Å². The van der Waals surface area contributed by atoms with Gasteiger partial charge in [-0.2, -0.15) is 10.5 Å². The number of allylic oxidation sites excluding steroid dienone is 1. The summed E-state index contributed by atoms with van der Waals surface area (Å²) in [5, 5.41) is 27.6. The lowest BCUT2D eigenvalue weighted by molar-refractivity contribution is -0.384. The number of benzene rings is 1. The van der Waals surface area contributed by atoms with Crippen LogP contribution in [-0.2, 0) is 0 Å². The van der Waals surface area contributed by atoms with Gasteiger partial charge in [-0.15, -0.1) is 0 Å². The van der Waals surface area contributed by atoms with Crippen LogP contribution in [0.15, 0.2) is 23.8 Å². The second-order valence-electron chi connectivity index (χ2n) is 2.75. The average molecular weight is 234 g/mol. The van der Waals surface area contributed by atoms with Crippen molar-refractivity contribution >= 4 is 23.4 Å². The maximum atomic E-state index is 10.6. The molecule has 0 aliphatic heterocycles. The van der Waals surface area contributed by atoms with Crippen molar-refractivity contribution in [1.29, 1.82) is 10.5 Å². The van der Waals surface area contributed by atoms with Gasteiger partial charge in [-0.1, -0.05) is 17.7 Å². The van der Waals surface area contributed by atoms with Crippen LogP contribution in [0, 0.1) is 32.8 Å². The summed E-state index contributed by atoms with van der Waals surface area (Å²) < 4.78 is 0. The van der Waals surface area contributed by atoms with Crippen molar-refractivity contribution in [1.82, 2.24) is 0 Å². The fourth-order valence-electron chi connectivity index (χ4n) is 1.02. The van der Waals surface area contributed by atoms with Crippen LogP contribution in [0.25, 0.3) is 6.08 Å². The minimum Gasteiger partial charge on any atom is -0.258 e. The second-order valence-corrected chi connectivity index (χ2v) is 3.16. The van der Waals surface area contributed by atoms with Gasteiger partial charge in [-0.05, 0) is 17.7 Å². The molecular weight excluding hydrogens is 230 g/mol. The zero-order chi connectivity index (χ0) is 12.1. The third kappa shape index (κ3) is 2.57. The van der Waals surface area contributed by atoms with Crippen LogP contribution in [0.2, 0.25) is 5.02 Å². The van der Waals surface area contributed by atoms with Crippen molar-refractivity contribution < 1.29 is 4.92 Å². The van der Waals surface area contributed by atoms with E-state index in [2.05, 4.69) is 0 Å². The number of rotatable bonds is 2. The lowest BCUT2D eigenvalue weighted by Crippen LogP contribution is -1.89. The number of hydrogen-bond acceptors (Lipinski definition) is 4. The van der Waals surface area contributed by atoms with Crippen LogP contribution >= 0.6 is 11.6 Å². The zero-order valence-corrected chi connectivity index (χ0v) is 8.60. The molecule has 0 aromatic heterocycles. The molecule has 1 rings (SSSR count). The average Bonchev–Trinajstić information content (AvgIpc) is 2.27. The lowest BCUT2D eigenvalue weighted by atomic mass is 10.1. The quantitative estimate of drug-likeness (QED) is 0.446. The van der Waals surface area contributed by atoms with Crippen LogP contribution in [0.4, 0.5) is 5.69 Å². The van der Waals surface area contributed by atoms with Crippen molar-refractivity contribution in [3.8, 4) is 12.1 Å². The first kappa shape index (κ1) is 11.7. The Kier molecular flexibility index (Phi) is 3.60. The van der Waals surface area contributed by atoms with Gasteiger partial charge in [0.05, 0.1) is 4.92 Å². The summed E-state index contributed by atoms with van der Waals surface area (Å²) in [6.45, 7) is 0. The predicted octanol–water partition coefficient (Wildman–Crippen LogP) is 2.68. The summed E-state index contributed by atoms with van der Waals surface area (Å²) in [5.41, 5.74) is -0.00327. The third-order valence-electron chi connectivity index (χ3n) is 1.72. The molecule has 0 fully saturated rings. The van der Waals surface area contributed by atoms with Crippen molar-refractivity contribution in [3.63, 3.8) is 0 Å². The Balaban J connectivity index is 3.26. The molecule has 1 aromatic rings. The van der Waals surface area contributed by atoms with Gasteiger partial charge >= 0.3 is 0 Å². The van der Waals surface area contributed by atoms with Crippen molar-refractivity contribution in [3.05, 3.63) is 44.5 Å². The van der Waals surface area contributed by atoms with E-state index in [0.29, 0.717) is 5.56 Å². The molecule has 0 saturated heterocycles. The monoisotopic (exact) mass is 233 g/mol. The van der Waals surface area contributed by atoms with Gasteiger partial charge in [-0.3, -0.25) is 10.1 Å². The molecule has 5 nitrogen and oxygen atoms in total. The van der Waals surface area contributed by atoms with Gasteiger partial charge in [0, 0.05) is 6.07 Å².